The van der Waals surface area contributed by atoms with Gasteiger partial charge in [0.15, 0.2) is 0 Å². The van der Waals surface area contributed by atoms with Crippen LogP contribution < -0.4 is 5.32 Å². The Kier molecular flexibility index (Phi) is 1.77. The van der Waals surface area contributed by atoms with E-state index in [4.69, 9.17) is 0 Å². The molecule has 1 N–H and O–H groups in total. The van der Waals surface area contributed by atoms with Gasteiger partial charge in [0.25, 0.3) is 0 Å². The van der Waals surface area contributed by atoms with Gasteiger partial charge in [0.1, 0.15) is 4.71 Å². The largest absolute Gasteiger partial charge is 0.364 e. The zero-order chi connectivity index (χ0) is 7.84. The summed E-state index contributed by atoms with van der Waals surface area (Å²) in [6.07, 6.45) is 0. The summed E-state index contributed by atoms with van der Waals surface area (Å²) in [5.74, 6) is 0. The molecule has 1 heterocycles. The molecule has 0 bridgehead atoms. The first-order valence-electron chi connectivity index (χ1n) is 3.47. The van der Waals surface area contributed by atoms with Crippen LogP contribution in [0.15, 0.2) is 23.1 Å². The lowest BCUT2D eigenvalue weighted by Crippen LogP contribution is -1.98. The van der Waals surface area contributed by atoms with E-state index >= 15 is 0 Å². The third-order valence-corrected chi connectivity index (χ3v) is 3.03. The number of fused-ring (bicyclic) bond motifs is 1. The van der Waals surface area contributed by atoms with Crippen LogP contribution in [0.1, 0.15) is 5.56 Å². The average Bonchev–Trinajstić information content (AvgIpc) is 2.27. The molecular weight excluding hydrogens is 174 g/mol. The highest BCUT2D eigenvalue weighted by atomic mass is 32.2. The fourth-order valence-corrected chi connectivity index (χ4v) is 2.54. The maximum atomic E-state index is 4.32. The Labute approximate surface area is 76.0 Å². The molecule has 1 aromatic carbocycles. The highest BCUT2D eigenvalue weighted by Gasteiger charge is 2.16. The number of anilines is 1. The first-order chi connectivity index (χ1) is 5.25. The number of thiol groups is 1. The van der Waals surface area contributed by atoms with Crippen LogP contribution in [-0.2, 0) is 0 Å². The van der Waals surface area contributed by atoms with E-state index < -0.39 is 0 Å². The van der Waals surface area contributed by atoms with Gasteiger partial charge in [0.2, 0.25) is 0 Å². The third kappa shape index (κ3) is 1.35. The molecule has 11 heavy (non-hydrogen) atoms. The summed E-state index contributed by atoms with van der Waals surface area (Å²) in [5.41, 5.74) is 2.51. The molecule has 0 aromatic heterocycles. The Morgan fingerprint density at radius 1 is 1.55 bits per heavy atom. The molecular formula is C8H9NS2. The van der Waals surface area contributed by atoms with Crippen molar-refractivity contribution in [2.45, 2.75) is 16.5 Å². The van der Waals surface area contributed by atoms with Crippen molar-refractivity contribution in [3.63, 3.8) is 0 Å². The summed E-state index contributed by atoms with van der Waals surface area (Å²) in [4.78, 5) is 1.31. The summed E-state index contributed by atoms with van der Waals surface area (Å²) in [6.45, 7) is 2.10. The van der Waals surface area contributed by atoms with Crippen LogP contribution >= 0.6 is 24.4 Å². The van der Waals surface area contributed by atoms with Gasteiger partial charge in [-0.3, -0.25) is 0 Å². The van der Waals surface area contributed by atoms with Crippen LogP contribution in [0.25, 0.3) is 0 Å². The second-order valence-corrected chi connectivity index (χ2v) is 4.63. The van der Waals surface area contributed by atoms with E-state index in [1.165, 1.54) is 16.1 Å². The lowest BCUT2D eigenvalue weighted by Gasteiger charge is -1.99. The Morgan fingerprint density at radius 3 is 3.18 bits per heavy atom. The highest BCUT2D eigenvalue weighted by Crippen LogP contribution is 2.39. The van der Waals surface area contributed by atoms with Crippen LogP contribution in [0.3, 0.4) is 0 Å². The van der Waals surface area contributed by atoms with Gasteiger partial charge in [-0.1, -0.05) is 17.8 Å². The molecule has 0 radical (unpaired) electrons. The van der Waals surface area contributed by atoms with Crippen molar-refractivity contribution in [2.75, 3.05) is 5.32 Å². The molecule has 1 unspecified atom stereocenters. The summed E-state index contributed by atoms with van der Waals surface area (Å²) >= 11 is 6.08. The van der Waals surface area contributed by atoms with Gasteiger partial charge < -0.3 is 5.32 Å². The van der Waals surface area contributed by atoms with Crippen molar-refractivity contribution in [2.24, 2.45) is 0 Å². The quantitative estimate of drug-likeness (QED) is 0.600. The lowest BCUT2D eigenvalue weighted by atomic mass is 10.2. The van der Waals surface area contributed by atoms with Crippen molar-refractivity contribution in [3.05, 3.63) is 23.8 Å². The molecule has 1 aromatic rings. The molecule has 0 spiro atoms. The zero-order valence-corrected chi connectivity index (χ0v) is 7.88. The topological polar surface area (TPSA) is 12.0 Å². The minimum atomic E-state index is 0.229. The van der Waals surface area contributed by atoms with Crippen molar-refractivity contribution < 1.29 is 0 Å². The Morgan fingerprint density at radius 2 is 2.36 bits per heavy atom. The molecule has 0 saturated carbocycles. The van der Waals surface area contributed by atoms with Crippen LogP contribution in [-0.4, -0.2) is 4.71 Å². The van der Waals surface area contributed by atoms with Crippen molar-refractivity contribution in [3.8, 4) is 0 Å². The Bertz CT molecular complexity index is 285. The van der Waals surface area contributed by atoms with Crippen molar-refractivity contribution in [1.29, 1.82) is 0 Å². The van der Waals surface area contributed by atoms with E-state index in [2.05, 4.69) is 43.1 Å². The predicted molar refractivity (Wildman–Crippen MR) is 53.4 cm³/mol. The number of hydrogen-bond acceptors (Lipinski definition) is 3. The van der Waals surface area contributed by atoms with Gasteiger partial charge in [-0.15, -0.1) is 12.6 Å². The summed E-state index contributed by atoms with van der Waals surface area (Å²) in [6, 6.07) is 6.40. The summed E-state index contributed by atoms with van der Waals surface area (Å²) in [5, 5.41) is 3.25. The van der Waals surface area contributed by atoms with Crippen molar-refractivity contribution in [1.82, 2.24) is 0 Å². The third-order valence-electron chi connectivity index (χ3n) is 1.65. The first kappa shape index (κ1) is 7.37. The molecule has 2 rings (SSSR count). The SMILES string of the molecule is Cc1ccc2c(c1)SC(S)N2. The average molecular weight is 183 g/mol. The number of thioether (sulfide) groups is 1. The van der Waals surface area contributed by atoms with E-state index in [0.717, 1.165) is 0 Å². The van der Waals surface area contributed by atoms with E-state index in [-0.39, 0.29) is 4.71 Å². The summed E-state index contributed by atoms with van der Waals surface area (Å²) < 4.78 is 0.229. The van der Waals surface area contributed by atoms with Crippen LogP contribution in [0.2, 0.25) is 0 Å². The second kappa shape index (κ2) is 2.64. The zero-order valence-electron chi connectivity index (χ0n) is 6.16. The van der Waals surface area contributed by atoms with Gasteiger partial charge in [-0.05, 0) is 24.6 Å². The lowest BCUT2D eigenvalue weighted by molar-refractivity contribution is 1.35. The number of aryl methyl sites for hydroxylation is 1. The molecule has 0 aliphatic carbocycles. The van der Waals surface area contributed by atoms with Gasteiger partial charge in [0.05, 0.1) is 0 Å². The number of nitrogens with one attached hydrogen (secondary N) is 1. The molecule has 0 saturated heterocycles. The molecule has 1 aliphatic heterocycles. The number of benzene rings is 1. The second-order valence-electron chi connectivity index (χ2n) is 2.61. The fourth-order valence-electron chi connectivity index (χ4n) is 1.13. The highest BCUT2D eigenvalue weighted by molar-refractivity contribution is 8.10. The Balaban J connectivity index is 2.43. The normalized spacial score (nSPS) is 21.1. The maximum absolute atomic E-state index is 4.32. The predicted octanol–water partition coefficient (Wildman–Crippen LogP) is 2.73. The minimum Gasteiger partial charge on any atom is -0.364 e. The molecule has 1 aliphatic rings. The molecule has 0 fully saturated rings. The van der Waals surface area contributed by atoms with E-state index in [1.54, 1.807) is 11.8 Å². The van der Waals surface area contributed by atoms with Gasteiger partial charge in [0, 0.05) is 10.6 Å². The van der Waals surface area contributed by atoms with Crippen LogP contribution in [0.4, 0.5) is 5.69 Å². The van der Waals surface area contributed by atoms with Crippen molar-refractivity contribution >= 4 is 30.1 Å². The monoisotopic (exact) mass is 183 g/mol. The maximum Gasteiger partial charge on any atom is 0.121 e. The summed E-state index contributed by atoms with van der Waals surface area (Å²) in [7, 11) is 0. The molecule has 1 atom stereocenters. The number of hydrogen-bond donors (Lipinski definition) is 2. The standard InChI is InChI=1S/C8H9NS2/c1-5-2-3-6-7(4-5)11-8(10)9-6/h2-4,8-10H,1H3. The molecule has 0 amide bonds. The molecule has 3 heteroatoms. The van der Waals surface area contributed by atoms with E-state index in [9.17, 15) is 0 Å². The molecule has 1 nitrogen and oxygen atoms in total. The van der Waals surface area contributed by atoms with Crippen LogP contribution in [0.5, 0.6) is 0 Å². The minimum absolute atomic E-state index is 0.229. The smallest absolute Gasteiger partial charge is 0.121 e. The van der Waals surface area contributed by atoms with Gasteiger partial charge in [-0.25, -0.2) is 0 Å². The Hall–Kier alpha value is -0.280. The van der Waals surface area contributed by atoms with E-state index in [0.29, 0.717) is 0 Å². The van der Waals surface area contributed by atoms with Gasteiger partial charge in [-0.2, -0.15) is 0 Å². The number of rotatable bonds is 0. The van der Waals surface area contributed by atoms with Crippen LogP contribution in [0, 0.1) is 6.92 Å². The molecule has 58 valence electrons. The first-order valence-corrected chi connectivity index (χ1v) is 4.87. The fraction of sp³-hybridized carbons (Fsp3) is 0.250. The van der Waals surface area contributed by atoms with Gasteiger partial charge >= 0.3 is 0 Å². The van der Waals surface area contributed by atoms with E-state index in [1.807, 2.05) is 0 Å².